The number of halogens is 29. The summed E-state index contributed by atoms with van der Waals surface area (Å²) in [6, 6.07) is 0. The minimum absolute atomic E-state index is 0.0414. The first-order chi connectivity index (χ1) is 35.2. The topological polar surface area (TPSA) is 4.44 Å². The first kappa shape index (κ1) is 75.2. The van der Waals surface area contributed by atoms with Crippen LogP contribution in [0.1, 0.15) is 176 Å². The summed E-state index contributed by atoms with van der Waals surface area (Å²) in [5.74, 6) is -113. The third-order valence-electron chi connectivity index (χ3n) is 13.6. The molecule has 1 nitrogen and oxygen atoms in total. The molecule has 0 aliphatic rings. The highest BCUT2D eigenvalue weighted by molar-refractivity contribution is 6.89. The van der Waals surface area contributed by atoms with E-state index in [1.807, 2.05) is 0 Å². The van der Waals surface area contributed by atoms with Crippen LogP contribution < -0.4 is 4.90 Å². The fourth-order valence-corrected chi connectivity index (χ4v) is 8.85. The molecule has 1 aromatic rings. The van der Waals surface area contributed by atoms with Gasteiger partial charge in [0.2, 0.25) is 58.1 Å². The van der Waals surface area contributed by atoms with Crippen LogP contribution in [0.3, 0.4) is 0 Å². The van der Waals surface area contributed by atoms with Crippen molar-refractivity contribution in [2.24, 2.45) is 0 Å². The van der Waals surface area contributed by atoms with Gasteiger partial charge in [0.05, 0.1) is 13.1 Å². The van der Waals surface area contributed by atoms with Gasteiger partial charge >= 0.3 is 53.5 Å². The number of unbranched alkanes of at least 4 members (excludes halogenated alkanes) is 12. The average Bonchev–Trinajstić information content (AvgIpc) is 3.32. The summed E-state index contributed by atoms with van der Waals surface area (Å²) < 4.78 is 445. The van der Waals surface area contributed by atoms with Crippen molar-refractivity contribution in [1.29, 1.82) is 0 Å². The average molecular weight is 1210 g/mol. The van der Waals surface area contributed by atoms with E-state index < -0.39 is 189 Å². The van der Waals surface area contributed by atoms with E-state index >= 15 is 105 Å². The Labute approximate surface area is 433 Å². The largest absolute Gasteiger partial charge is 0.339 e. The van der Waals surface area contributed by atoms with E-state index in [-0.39, 0.29) is 62.8 Å². The molecule has 31 heteroatoms. The summed E-state index contributed by atoms with van der Waals surface area (Å²) in [7, 11) is 0. The summed E-state index contributed by atoms with van der Waals surface area (Å²) >= 11 is 0. The molecular weight excluding hydrogens is 1140 g/mol. The van der Waals surface area contributed by atoms with E-state index in [9.17, 15) is 22.0 Å². The standard InChI is InChI=1S/C36H52BF24.C11H12F5N/c1-5-9-13-17-21-25(38,39)29(46,47)33(54,55)37(34(56,57)30(48,49)26(40,41)22-18-14-10-6-2,35(58,59)31(50,51)27(42,43)23-19-15-11-7-3)36(60,61)32(52,53)28(44,45)24-20-16-12-8-4;1-3-5-17(4-2)11-9(15)7(13)6(12)8(14)10(11)16/h5-24H2,1-4H3;3-5H2,1-2H3/q-1;/p+1. The molecule has 78 heavy (non-hydrogen) atoms. The van der Waals surface area contributed by atoms with Gasteiger partial charge in [-0.15, -0.1) is 0 Å². The van der Waals surface area contributed by atoms with Crippen molar-refractivity contribution in [3.63, 3.8) is 0 Å². The Bertz CT molecular complexity index is 1750. The molecular formula is C47H65BF29N. The minimum Gasteiger partial charge on any atom is -0.297 e. The molecule has 0 bridgehead atoms. The van der Waals surface area contributed by atoms with Gasteiger partial charge in [0.25, 0.3) is 0 Å². The Morgan fingerprint density at radius 3 is 0.667 bits per heavy atom. The molecule has 0 aromatic heterocycles. The van der Waals surface area contributed by atoms with E-state index in [0.717, 1.165) is 0 Å². The first-order valence-electron chi connectivity index (χ1n) is 25.2. The predicted octanol–water partition coefficient (Wildman–Crippen LogP) is 19.4. The quantitative estimate of drug-likeness (QED) is 0.0225. The van der Waals surface area contributed by atoms with E-state index in [0.29, 0.717) is 13.0 Å². The normalized spacial score (nSPS) is 15.0. The first-order valence-corrected chi connectivity index (χ1v) is 25.2. The highest BCUT2D eigenvalue weighted by Crippen LogP contribution is 2.73. The van der Waals surface area contributed by atoms with Gasteiger partial charge in [-0.05, 0) is 39.0 Å². The Kier molecular flexibility index (Phi) is 27.0. The zero-order chi connectivity index (χ0) is 61.8. The van der Waals surface area contributed by atoms with Crippen LogP contribution in [0.2, 0.25) is 0 Å². The third-order valence-corrected chi connectivity index (χ3v) is 13.6. The van der Waals surface area contributed by atoms with Crippen molar-refractivity contribution in [2.45, 2.75) is 247 Å². The van der Waals surface area contributed by atoms with Crippen molar-refractivity contribution in [3.05, 3.63) is 29.1 Å². The van der Waals surface area contributed by atoms with Crippen LogP contribution in [0.15, 0.2) is 0 Å². The maximum atomic E-state index is 16.5. The Morgan fingerprint density at radius 2 is 0.487 bits per heavy atom. The second-order valence-electron chi connectivity index (χ2n) is 19.4. The van der Waals surface area contributed by atoms with Crippen LogP contribution in [0.4, 0.5) is 133 Å². The second-order valence-corrected chi connectivity index (χ2v) is 19.4. The lowest BCUT2D eigenvalue weighted by atomic mass is 9.08. The molecule has 1 atom stereocenters. The van der Waals surface area contributed by atoms with Crippen LogP contribution in [0, 0.1) is 29.1 Å². The van der Waals surface area contributed by atoms with Crippen molar-refractivity contribution in [2.75, 3.05) is 13.1 Å². The zero-order valence-electron chi connectivity index (χ0n) is 43.3. The van der Waals surface area contributed by atoms with Gasteiger partial charge in [0, 0.05) is 25.7 Å². The number of quaternary nitrogens is 1. The minimum atomic E-state index is -11.7. The summed E-state index contributed by atoms with van der Waals surface area (Å²) in [5.41, 5.74) is -0.772. The number of benzene rings is 1. The van der Waals surface area contributed by atoms with Crippen molar-refractivity contribution < 1.29 is 132 Å². The summed E-state index contributed by atoms with van der Waals surface area (Å²) in [6.45, 7) is 8.99. The number of alkyl halides is 24. The van der Waals surface area contributed by atoms with Crippen LogP contribution in [0.5, 0.6) is 0 Å². The molecule has 1 N–H and O–H groups in total. The monoisotopic (exact) mass is 1210 g/mol. The Morgan fingerprint density at radius 1 is 0.282 bits per heavy atom. The smallest absolute Gasteiger partial charge is 0.297 e. The number of hydrogen-bond donors (Lipinski definition) is 1. The summed E-state index contributed by atoms with van der Waals surface area (Å²) in [6.07, 6.45) is -34.2. The zero-order valence-corrected chi connectivity index (χ0v) is 43.3. The van der Waals surface area contributed by atoms with Gasteiger partial charge in [0.15, 0.2) is 0 Å². The highest BCUT2D eigenvalue weighted by Gasteiger charge is 3.03. The van der Waals surface area contributed by atoms with E-state index in [1.54, 1.807) is 13.8 Å². The van der Waals surface area contributed by atoms with Crippen molar-refractivity contribution >= 4 is 11.8 Å². The van der Waals surface area contributed by atoms with Gasteiger partial charge in [-0.1, -0.05) is 112 Å². The molecule has 1 rings (SSSR count). The predicted molar refractivity (Wildman–Crippen MR) is 233 cm³/mol. The highest BCUT2D eigenvalue weighted by atomic mass is 19.4. The molecule has 0 radical (unpaired) electrons. The molecule has 464 valence electrons. The number of rotatable bonds is 36. The van der Waals surface area contributed by atoms with Crippen LogP contribution in [-0.2, 0) is 0 Å². The fraction of sp³-hybridized carbons (Fsp3) is 0.872. The van der Waals surface area contributed by atoms with Crippen LogP contribution >= 0.6 is 0 Å². The van der Waals surface area contributed by atoms with E-state index in [1.165, 1.54) is 27.7 Å². The van der Waals surface area contributed by atoms with Crippen LogP contribution in [-0.4, -0.2) is 89.9 Å². The SMILES string of the molecule is CCCCCCC(F)(F)C(F)(F)C(F)(F)[B-](C(F)(F)C(F)(F)C(F)(F)CCCCCC)(C(F)(F)C(F)(F)C(F)(F)CCCCCC)C(F)(F)C(F)(F)C(F)(F)CCCCCC.CCC[NH+](CC)c1c(F)c(F)c(F)c(F)c1F. The number of nitrogens with one attached hydrogen (secondary N) is 1. The lowest BCUT2D eigenvalue weighted by Crippen LogP contribution is -3.07. The molecule has 0 aliphatic carbocycles. The Hall–Kier alpha value is -2.79. The molecule has 0 saturated heterocycles. The maximum Gasteiger partial charge on any atom is 0.339 e. The molecule has 0 aliphatic heterocycles. The van der Waals surface area contributed by atoms with E-state index in [4.69, 9.17) is 0 Å². The summed E-state index contributed by atoms with van der Waals surface area (Å²) in [4.78, 5) is 0.236. The van der Waals surface area contributed by atoms with Gasteiger partial charge in [-0.3, -0.25) is 4.90 Å². The second kappa shape index (κ2) is 28.0. The van der Waals surface area contributed by atoms with Crippen molar-refractivity contribution in [3.8, 4) is 0 Å². The van der Waals surface area contributed by atoms with Crippen LogP contribution in [0.25, 0.3) is 0 Å². The lowest BCUT2D eigenvalue weighted by Gasteiger charge is -2.63. The van der Waals surface area contributed by atoms with Gasteiger partial charge in [-0.2, -0.15) is 79.0 Å². The molecule has 0 spiro atoms. The molecule has 0 amide bonds. The molecule has 1 aromatic carbocycles. The van der Waals surface area contributed by atoms with Gasteiger partial charge in [0.1, 0.15) is 0 Å². The molecule has 1 unspecified atom stereocenters. The number of hydrogen-bond acceptors (Lipinski definition) is 0. The van der Waals surface area contributed by atoms with Gasteiger partial charge < -0.3 is 0 Å². The van der Waals surface area contributed by atoms with Crippen molar-refractivity contribution in [1.82, 2.24) is 0 Å². The molecule has 0 saturated carbocycles. The van der Waals surface area contributed by atoms with Gasteiger partial charge in [-0.25, -0.2) is 48.3 Å². The fourth-order valence-electron chi connectivity index (χ4n) is 8.85. The lowest BCUT2D eigenvalue weighted by molar-refractivity contribution is -0.833. The Balaban J connectivity index is 0.00000293. The molecule has 0 fully saturated rings. The van der Waals surface area contributed by atoms with E-state index in [2.05, 4.69) is 0 Å². The maximum absolute atomic E-state index is 16.5. The molecule has 0 heterocycles. The summed E-state index contributed by atoms with van der Waals surface area (Å²) in [5, 5.41) is 0. The third kappa shape index (κ3) is 13.8.